The van der Waals surface area contributed by atoms with Crippen LogP contribution < -0.4 is 4.74 Å². The lowest BCUT2D eigenvalue weighted by Crippen LogP contribution is -2.01. The number of esters is 1. The molecular weight excluding hydrogens is 284 g/mol. The van der Waals surface area contributed by atoms with Crippen LogP contribution in [-0.2, 0) is 4.79 Å². The molecule has 0 bridgehead atoms. The molecule has 2 aromatic rings. The first kappa shape index (κ1) is 12.8. The van der Waals surface area contributed by atoms with Crippen molar-refractivity contribution >= 4 is 17.6 Å². The molecule has 0 fully saturated rings. The fourth-order valence-electron chi connectivity index (χ4n) is 3.21. The molecule has 1 aliphatic heterocycles. The highest BCUT2D eigenvalue weighted by molar-refractivity contribution is 6.27. The van der Waals surface area contributed by atoms with E-state index in [-0.39, 0.29) is 28.9 Å². The quantitative estimate of drug-likeness (QED) is 0.395. The Labute approximate surface area is 125 Å². The van der Waals surface area contributed by atoms with E-state index in [0.717, 1.165) is 5.56 Å². The molecule has 0 saturated carbocycles. The molecule has 5 heteroatoms. The summed E-state index contributed by atoms with van der Waals surface area (Å²) in [7, 11) is 0. The molecule has 0 unspecified atom stereocenters. The summed E-state index contributed by atoms with van der Waals surface area (Å²) in [6.07, 6.45) is 1.62. The van der Waals surface area contributed by atoms with Crippen LogP contribution in [0.5, 0.6) is 23.0 Å². The molecule has 0 aromatic heterocycles. The minimum Gasteiger partial charge on any atom is -0.504 e. The maximum absolute atomic E-state index is 12.1. The monoisotopic (exact) mass is 296 g/mol. The number of hydrogen-bond donors (Lipinski definition) is 3. The molecule has 1 atom stereocenters. The van der Waals surface area contributed by atoms with E-state index >= 15 is 0 Å². The molecule has 2 aromatic carbocycles. The third-order valence-corrected chi connectivity index (χ3v) is 4.28. The number of carbonyl (C=O) groups excluding carboxylic acids is 1. The molecular formula is C17H12O5. The van der Waals surface area contributed by atoms with Crippen LogP contribution in [0.15, 0.2) is 24.3 Å². The van der Waals surface area contributed by atoms with Crippen molar-refractivity contribution in [1.82, 2.24) is 0 Å². The Kier molecular flexibility index (Phi) is 2.34. The van der Waals surface area contributed by atoms with Gasteiger partial charge in [0.2, 0.25) is 0 Å². The molecule has 0 spiro atoms. The largest absolute Gasteiger partial charge is 0.504 e. The Morgan fingerprint density at radius 2 is 1.77 bits per heavy atom. The van der Waals surface area contributed by atoms with E-state index in [9.17, 15) is 20.1 Å². The summed E-state index contributed by atoms with van der Waals surface area (Å²) in [4.78, 5) is 12.1. The molecule has 110 valence electrons. The van der Waals surface area contributed by atoms with Crippen molar-refractivity contribution in [2.24, 2.45) is 0 Å². The van der Waals surface area contributed by atoms with Crippen molar-refractivity contribution in [1.29, 1.82) is 0 Å². The van der Waals surface area contributed by atoms with Crippen LogP contribution in [0, 0.1) is 0 Å². The van der Waals surface area contributed by atoms with E-state index in [1.54, 1.807) is 18.2 Å². The number of aromatic hydroxyl groups is 3. The second kappa shape index (κ2) is 4.04. The van der Waals surface area contributed by atoms with Crippen LogP contribution in [0.1, 0.15) is 35.1 Å². The molecule has 5 nitrogen and oxygen atoms in total. The highest BCUT2D eigenvalue weighted by Crippen LogP contribution is 2.51. The normalized spacial score (nSPS) is 18.1. The van der Waals surface area contributed by atoms with Crippen molar-refractivity contribution in [3.05, 3.63) is 46.5 Å². The van der Waals surface area contributed by atoms with Crippen LogP contribution in [0.25, 0.3) is 11.6 Å². The summed E-state index contributed by atoms with van der Waals surface area (Å²) in [5.74, 6) is -1.16. The van der Waals surface area contributed by atoms with Crippen LogP contribution in [0.2, 0.25) is 0 Å². The molecule has 3 N–H and O–H groups in total. The van der Waals surface area contributed by atoms with Gasteiger partial charge in [-0.15, -0.1) is 0 Å². The first-order valence-electron chi connectivity index (χ1n) is 6.84. The van der Waals surface area contributed by atoms with E-state index < -0.39 is 5.97 Å². The van der Waals surface area contributed by atoms with Crippen molar-refractivity contribution in [3.63, 3.8) is 0 Å². The molecule has 0 radical (unpaired) electrons. The predicted molar refractivity (Wildman–Crippen MR) is 78.9 cm³/mol. The molecule has 1 heterocycles. The van der Waals surface area contributed by atoms with E-state index in [4.69, 9.17) is 4.74 Å². The molecule has 2 aliphatic rings. The van der Waals surface area contributed by atoms with Gasteiger partial charge in [0, 0.05) is 17.0 Å². The highest BCUT2D eigenvalue weighted by Gasteiger charge is 2.37. The topological polar surface area (TPSA) is 87.0 Å². The zero-order valence-corrected chi connectivity index (χ0v) is 11.6. The van der Waals surface area contributed by atoms with Gasteiger partial charge in [0.05, 0.1) is 5.57 Å². The number of phenols is 3. The van der Waals surface area contributed by atoms with Crippen molar-refractivity contribution < 1.29 is 24.9 Å². The Bertz CT molecular complexity index is 879. The predicted octanol–water partition coefficient (Wildman–Crippen LogP) is 2.73. The van der Waals surface area contributed by atoms with E-state index in [0.29, 0.717) is 22.3 Å². The average molecular weight is 296 g/mol. The Morgan fingerprint density at radius 1 is 1.05 bits per heavy atom. The van der Waals surface area contributed by atoms with Gasteiger partial charge in [0.1, 0.15) is 0 Å². The number of ether oxygens (including phenoxy) is 1. The molecule has 0 saturated heterocycles. The number of fused-ring (bicyclic) bond motifs is 1. The van der Waals surface area contributed by atoms with E-state index in [1.165, 1.54) is 12.1 Å². The molecule has 22 heavy (non-hydrogen) atoms. The molecule has 0 amide bonds. The number of phenolic OH excluding ortho intramolecular Hbond substituents is 3. The van der Waals surface area contributed by atoms with Crippen LogP contribution >= 0.6 is 0 Å². The summed E-state index contributed by atoms with van der Waals surface area (Å²) in [6, 6.07) is 6.19. The first-order valence-corrected chi connectivity index (χ1v) is 6.84. The summed E-state index contributed by atoms with van der Waals surface area (Å²) in [5.41, 5.74) is 2.83. The van der Waals surface area contributed by atoms with Gasteiger partial charge in [-0.3, -0.25) is 0 Å². The number of benzene rings is 2. The third kappa shape index (κ3) is 1.45. The molecule has 1 aliphatic carbocycles. The summed E-state index contributed by atoms with van der Waals surface area (Å²) in [6.45, 7) is 1.87. The van der Waals surface area contributed by atoms with Crippen LogP contribution in [0.4, 0.5) is 0 Å². The van der Waals surface area contributed by atoms with Crippen molar-refractivity contribution in [2.45, 2.75) is 12.8 Å². The van der Waals surface area contributed by atoms with E-state index in [2.05, 4.69) is 0 Å². The van der Waals surface area contributed by atoms with Gasteiger partial charge in [-0.05, 0) is 29.3 Å². The SMILES string of the molecule is C[C@@H]1c2ccc(O)c3c2C(=Cc2ccc(O)c(O)c21)C(=O)O3. The minimum absolute atomic E-state index is 0.0966. The van der Waals surface area contributed by atoms with Gasteiger partial charge in [-0.25, -0.2) is 4.79 Å². The summed E-state index contributed by atoms with van der Waals surface area (Å²) in [5, 5.41) is 29.9. The van der Waals surface area contributed by atoms with Gasteiger partial charge in [0.15, 0.2) is 23.0 Å². The highest BCUT2D eigenvalue weighted by atomic mass is 16.5. The number of carbonyl (C=O) groups is 1. The lowest BCUT2D eigenvalue weighted by atomic mass is 9.87. The first-order chi connectivity index (χ1) is 10.5. The van der Waals surface area contributed by atoms with Gasteiger partial charge >= 0.3 is 5.97 Å². The Balaban J connectivity index is 2.13. The fourth-order valence-corrected chi connectivity index (χ4v) is 3.21. The van der Waals surface area contributed by atoms with Crippen LogP contribution in [0.3, 0.4) is 0 Å². The number of hydrogen-bond acceptors (Lipinski definition) is 5. The van der Waals surface area contributed by atoms with Gasteiger partial charge in [-0.1, -0.05) is 19.1 Å². The van der Waals surface area contributed by atoms with Gasteiger partial charge in [0.25, 0.3) is 0 Å². The maximum Gasteiger partial charge on any atom is 0.344 e. The van der Waals surface area contributed by atoms with Crippen molar-refractivity contribution in [2.75, 3.05) is 0 Å². The zero-order valence-electron chi connectivity index (χ0n) is 11.6. The second-order valence-electron chi connectivity index (χ2n) is 5.48. The molecule has 4 rings (SSSR count). The maximum atomic E-state index is 12.1. The smallest absolute Gasteiger partial charge is 0.344 e. The Morgan fingerprint density at radius 3 is 2.55 bits per heavy atom. The van der Waals surface area contributed by atoms with Crippen molar-refractivity contribution in [3.8, 4) is 23.0 Å². The fraction of sp³-hybridized carbons (Fsp3) is 0.118. The minimum atomic E-state index is -0.537. The third-order valence-electron chi connectivity index (χ3n) is 4.28. The lowest BCUT2D eigenvalue weighted by Gasteiger charge is -2.18. The number of rotatable bonds is 0. The van der Waals surface area contributed by atoms with Gasteiger partial charge in [-0.2, -0.15) is 0 Å². The zero-order chi connectivity index (χ0) is 15.6. The average Bonchev–Trinajstić information content (AvgIpc) is 2.74. The summed E-state index contributed by atoms with van der Waals surface area (Å²) >= 11 is 0. The second-order valence-corrected chi connectivity index (χ2v) is 5.48. The lowest BCUT2D eigenvalue weighted by molar-refractivity contribution is -0.127. The van der Waals surface area contributed by atoms with Gasteiger partial charge < -0.3 is 20.1 Å². The standard InChI is InChI=1S/C17H12O5/c1-7-9-3-5-12(19)16-14(9)10(17(21)22-16)6-8-2-4-11(18)15(20)13(7)8/h2-7,18-20H,1H3/t7-/m1/s1. The Hall–Kier alpha value is -2.95. The summed E-state index contributed by atoms with van der Waals surface area (Å²) < 4.78 is 5.17. The van der Waals surface area contributed by atoms with E-state index in [1.807, 2.05) is 6.92 Å². The van der Waals surface area contributed by atoms with Crippen LogP contribution in [-0.4, -0.2) is 21.3 Å².